The molecule has 0 fully saturated rings. The zero-order valence-corrected chi connectivity index (χ0v) is 13.6. The minimum Gasteiger partial charge on any atom is -0.298 e. The first kappa shape index (κ1) is 14.7. The lowest BCUT2D eigenvalue weighted by molar-refractivity contribution is -0.384. The molecule has 2 heterocycles. The van der Waals surface area contributed by atoms with Crippen LogP contribution in [0, 0.1) is 10.1 Å². The first-order chi connectivity index (χ1) is 11.6. The average Bonchev–Trinajstić information content (AvgIpc) is 3.18. The number of fused-ring (bicyclic) bond motifs is 2. The molecule has 4 aromatic rings. The van der Waals surface area contributed by atoms with Gasteiger partial charge < -0.3 is 0 Å². The van der Waals surface area contributed by atoms with E-state index in [0.717, 1.165) is 14.9 Å². The lowest BCUT2D eigenvalue weighted by atomic mass is 10.2. The maximum absolute atomic E-state index is 12.4. The first-order valence-electron chi connectivity index (χ1n) is 6.80. The van der Waals surface area contributed by atoms with Crippen molar-refractivity contribution in [3.05, 3.63) is 57.6 Å². The van der Waals surface area contributed by atoms with Crippen LogP contribution in [0.25, 0.3) is 20.4 Å². The Morgan fingerprint density at radius 2 is 2.00 bits per heavy atom. The quantitative estimate of drug-likeness (QED) is 0.441. The summed E-state index contributed by atoms with van der Waals surface area (Å²) in [7, 11) is 0. The summed E-state index contributed by atoms with van der Waals surface area (Å²) in [6, 6.07) is 9.72. The van der Waals surface area contributed by atoms with Gasteiger partial charge in [0.2, 0.25) is 0 Å². The van der Waals surface area contributed by atoms with E-state index >= 15 is 0 Å². The Hall–Kier alpha value is -2.91. The van der Waals surface area contributed by atoms with Gasteiger partial charge in [-0.15, -0.1) is 11.3 Å². The predicted octanol–water partition coefficient (Wildman–Crippen LogP) is 4.07. The maximum Gasteiger partial charge on any atom is 0.271 e. The lowest BCUT2D eigenvalue weighted by Crippen LogP contribution is -2.11. The van der Waals surface area contributed by atoms with E-state index in [4.69, 9.17) is 0 Å². The second-order valence-corrected chi connectivity index (χ2v) is 6.83. The van der Waals surface area contributed by atoms with Crippen molar-refractivity contribution in [1.82, 2.24) is 9.97 Å². The van der Waals surface area contributed by atoms with Gasteiger partial charge in [-0.2, -0.15) is 0 Å². The van der Waals surface area contributed by atoms with Crippen LogP contribution in [0.15, 0.2) is 41.9 Å². The molecule has 118 valence electrons. The molecule has 2 aromatic carbocycles. The van der Waals surface area contributed by atoms with Gasteiger partial charge in [0.1, 0.15) is 0 Å². The smallest absolute Gasteiger partial charge is 0.271 e. The number of nitro groups is 1. The minimum atomic E-state index is -0.471. The molecule has 0 aliphatic rings. The number of non-ortho nitro benzene ring substituents is 1. The van der Waals surface area contributed by atoms with Crippen molar-refractivity contribution in [2.24, 2.45) is 0 Å². The van der Waals surface area contributed by atoms with Crippen molar-refractivity contribution >= 4 is 59.8 Å². The van der Waals surface area contributed by atoms with Gasteiger partial charge in [-0.1, -0.05) is 11.3 Å². The molecule has 7 nitrogen and oxygen atoms in total. The van der Waals surface area contributed by atoms with Crippen LogP contribution in [0.2, 0.25) is 0 Å². The number of aromatic nitrogens is 2. The number of hydrogen-bond acceptors (Lipinski definition) is 7. The summed E-state index contributed by atoms with van der Waals surface area (Å²) >= 11 is 2.74. The summed E-state index contributed by atoms with van der Waals surface area (Å²) < 4.78 is 1.70. The van der Waals surface area contributed by atoms with Crippen molar-refractivity contribution in [2.75, 3.05) is 5.32 Å². The van der Waals surface area contributed by atoms with E-state index < -0.39 is 4.92 Å². The average molecular weight is 356 g/mol. The van der Waals surface area contributed by atoms with Crippen molar-refractivity contribution in [1.29, 1.82) is 0 Å². The van der Waals surface area contributed by atoms with Crippen LogP contribution in [0.5, 0.6) is 0 Å². The van der Waals surface area contributed by atoms with Gasteiger partial charge in [0, 0.05) is 17.7 Å². The van der Waals surface area contributed by atoms with E-state index in [1.165, 1.54) is 34.8 Å². The molecule has 4 rings (SSSR count). The zero-order valence-electron chi connectivity index (χ0n) is 11.9. The van der Waals surface area contributed by atoms with Crippen LogP contribution in [-0.2, 0) is 0 Å². The molecule has 0 aliphatic heterocycles. The van der Waals surface area contributed by atoms with E-state index in [1.807, 2.05) is 0 Å². The van der Waals surface area contributed by atoms with Crippen LogP contribution in [0.4, 0.5) is 10.8 Å². The molecule has 1 N–H and O–H groups in total. The predicted molar refractivity (Wildman–Crippen MR) is 93.8 cm³/mol. The van der Waals surface area contributed by atoms with Gasteiger partial charge >= 0.3 is 0 Å². The summed E-state index contributed by atoms with van der Waals surface area (Å²) in [5.41, 5.74) is 3.55. The molecule has 0 radical (unpaired) electrons. The Morgan fingerprint density at radius 3 is 2.83 bits per heavy atom. The maximum atomic E-state index is 12.4. The topological polar surface area (TPSA) is 98.0 Å². The van der Waals surface area contributed by atoms with Crippen LogP contribution in [0.1, 0.15) is 10.4 Å². The molecule has 9 heteroatoms. The number of anilines is 1. The van der Waals surface area contributed by atoms with Crippen molar-refractivity contribution in [2.45, 2.75) is 0 Å². The number of carbonyl (C=O) groups is 1. The van der Waals surface area contributed by atoms with Crippen molar-refractivity contribution in [3.8, 4) is 0 Å². The zero-order chi connectivity index (χ0) is 16.7. The molecule has 0 bridgehead atoms. The molecule has 0 spiro atoms. The number of amides is 1. The molecule has 2 aromatic heterocycles. The van der Waals surface area contributed by atoms with Gasteiger partial charge in [-0.05, 0) is 24.3 Å². The molecular formula is C15H8N4O3S2. The van der Waals surface area contributed by atoms with Crippen LogP contribution in [-0.4, -0.2) is 20.8 Å². The lowest BCUT2D eigenvalue weighted by Gasteiger charge is -2.01. The highest BCUT2D eigenvalue weighted by Gasteiger charge is 2.13. The van der Waals surface area contributed by atoms with Gasteiger partial charge in [0.15, 0.2) is 5.13 Å². The number of benzene rings is 2. The Kier molecular flexibility index (Phi) is 3.44. The molecule has 0 saturated heterocycles. The molecule has 0 atom stereocenters. The summed E-state index contributed by atoms with van der Waals surface area (Å²) in [6.07, 6.45) is 0. The summed E-state index contributed by atoms with van der Waals surface area (Å²) in [5.74, 6) is -0.279. The number of hydrogen-bond donors (Lipinski definition) is 1. The molecular weight excluding hydrogens is 348 g/mol. The number of rotatable bonds is 3. The third kappa shape index (κ3) is 2.59. The largest absolute Gasteiger partial charge is 0.298 e. The second-order valence-electron chi connectivity index (χ2n) is 4.92. The van der Waals surface area contributed by atoms with Gasteiger partial charge in [-0.3, -0.25) is 20.2 Å². The van der Waals surface area contributed by atoms with E-state index in [-0.39, 0.29) is 11.6 Å². The van der Waals surface area contributed by atoms with Gasteiger partial charge in [0.25, 0.3) is 11.6 Å². The minimum absolute atomic E-state index is 0.0266. The Bertz CT molecular complexity index is 1100. The van der Waals surface area contributed by atoms with E-state index in [9.17, 15) is 14.9 Å². The highest BCUT2D eigenvalue weighted by molar-refractivity contribution is 7.22. The van der Waals surface area contributed by atoms with E-state index in [1.54, 1.807) is 29.8 Å². The summed E-state index contributed by atoms with van der Waals surface area (Å²) in [6.45, 7) is 0. The van der Waals surface area contributed by atoms with E-state index in [2.05, 4.69) is 15.3 Å². The Labute approximate surface area is 142 Å². The molecule has 1 amide bonds. The number of thiazole rings is 2. The number of carbonyl (C=O) groups excluding carboxylic acids is 1. The Morgan fingerprint density at radius 1 is 1.12 bits per heavy atom. The highest BCUT2D eigenvalue weighted by atomic mass is 32.1. The fourth-order valence-corrected chi connectivity index (χ4v) is 3.81. The SMILES string of the molecule is O=C(Nc1nc2cc([N+](=O)[O-])ccc2s1)c1ccc2ncsc2c1. The number of nitrogens with one attached hydrogen (secondary N) is 1. The fourth-order valence-electron chi connectivity index (χ4n) is 2.25. The standard InChI is InChI=1S/C15H8N4O3S2/c20-14(8-1-3-10-13(5-8)23-7-16-10)18-15-17-11-6-9(19(21)22)2-4-12(11)24-15/h1-7H,(H,17,18,20). The molecule has 24 heavy (non-hydrogen) atoms. The molecule has 0 unspecified atom stereocenters. The number of nitrogens with zero attached hydrogens (tertiary/aromatic N) is 3. The fraction of sp³-hybridized carbons (Fsp3) is 0. The van der Waals surface area contributed by atoms with Crippen LogP contribution < -0.4 is 5.32 Å². The molecule has 0 saturated carbocycles. The third-order valence-electron chi connectivity index (χ3n) is 3.40. The van der Waals surface area contributed by atoms with Crippen LogP contribution in [0.3, 0.4) is 0 Å². The van der Waals surface area contributed by atoms with Gasteiger partial charge in [-0.25, -0.2) is 9.97 Å². The van der Waals surface area contributed by atoms with Crippen molar-refractivity contribution in [3.63, 3.8) is 0 Å². The highest BCUT2D eigenvalue weighted by Crippen LogP contribution is 2.29. The summed E-state index contributed by atoms with van der Waals surface area (Å²) in [5, 5.41) is 13.9. The van der Waals surface area contributed by atoms with Crippen LogP contribution >= 0.6 is 22.7 Å². The molecule has 0 aliphatic carbocycles. The van der Waals surface area contributed by atoms with Crippen molar-refractivity contribution < 1.29 is 9.72 Å². The van der Waals surface area contributed by atoms with Gasteiger partial charge in [0.05, 0.1) is 30.9 Å². The summed E-state index contributed by atoms with van der Waals surface area (Å²) in [4.78, 5) is 31.1. The Balaban J connectivity index is 1.62. The monoisotopic (exact) mass is 356 g/mol. The van der Waals surface area contributed by atoms with E-state index in [0.29, 0.717) is 16.2 Å². The number of nitro benzene ring substituents is 1. The second kappa shape index (κ2) is 5.62. The first-order valence-corrected chi connectivity index (χ1v) is 8.49. The normalized spacial score (nSPS) is 11.0. The third-order valence-corrected chi connectivity index (χ3v) is 5.14.